The fourth-order valence-electron chi connectivity index (χ4n) is 5.07. The van der Waals surface area contributed by atoms with E-state index in [1.165, 1.54) is 19.1 Å². The number of Topliss-reactive ketones (excluding diaryl/α,β-unsaturated/α-hetero) is 1. The summed E-state index contributed by atoms with van der Waals surface area (Å²) in [6, 6.07) is 4.58. The van der Waals surface area contributed by atoms with Crippen LogP contribution in [0.4, 0.5) is 5.69 Å². The first-order valence-corrected chi connectivity index (χ1v) is 11.7. The van der Waals surface area contributed by atoms with Crippen LogP contribution in [0.5, 0.6) is 17.2 Å². The lowest BCUT2D eigenvalue weighted by atomic mass is 9.70. The smallest absolute Gasteiger partial charge is 0.308 e. The number of amides is 2. The van der Waals surface area contributed by atoms with Gasteiger partial charge in [0, 0.05) is 46.1 Å². The van der Waals surface area contributed by atoms with E-state index < -0.39 is 52.5 Å². The van der Waals surface area contributed by atoms with Crippen molar-refractivity contribution in [2.75, 3.05) is 19.0 Å². The Bertz CT molecular complexity index is 1470. The monoisotopic (exact) mass is 522 g/mol. The Morgan fingerprint density at radius 2 is 1.58 bits per heavy atom. The number of aliphatic hydroxyl groups excluding tert-OH is 1. The number of ether oxygens (including phenoxy) is 2. The van der Waals surface area contributed by atoms with Crippen molar-refractivity contribution in [2.45, 2.75) is 33.6 Å². The Hall–Kier alpha value is -4.67. The zero-order valence-electron chi connectivity index (χ0n) is 21.4. The van der Waals surface area contributed by atoms with Crippen molar-refractivity contribution in [2.24, 2.45) is 5.92 Å². The summed E-state index contributed by atoms with van der Waals surface area (Å²) in [5.74, 6) is -5.84. The summed E-state index contributed by atoms with van der Waals surface area (Å²) in [5.41, 5.74) is 1.08. The fraction of sp³-hybridized carbons (Fsp3) is 0.296. The second-order valence-corrected chi connectivity index (χ2v) is 9.36. The molecule has 0 radical (unpaired) electrons. The van der Waals surface area contributed by atoms with E-state index in [-0.39, 0.29) is 34.6 Å². The third-order valence-corrected chi connectivity index (χ3v) is 6.39. The van der Waals surface area contributed by atoms with Crippen LogP contribution in [0.3, 0.4) is 0 Å². The van der Waals surface area contributed by atoms with Crippen LogP contribution in [0.2, 0.25) is 0 Å². The molecule has 0 aromatic heterocycles. The van der Waals surface area contributed by atoms with Gasteiger partial charge >= 0.3 is 11.9 Å². The lowest BCUT2D eigenvalue weighted by molar-refractivity contribution is -0.132. The number of benzene rings is 2. The quantitative estimate of drug-likeness (QED) is 0.402. The summed E-state index contributed by atoms with van der Waals surface area (Å²) in [4.78, 5) is 63.3. The summed E-state index contributed by atoms with van der Waals surface area (Å²) in [6.45, 7) is 3.41. The predicted molar refractivity (Wildman–Crippen MR) is 134 cm³/mol. The van der Waals surface area contributed by atoms with Crippen LogP contribution in [0.25, 0.3) is 5.76 Å². The minimum atomic E-state index is -1.05. The molecule has 2 aromatic carbocycles. The highest BCUT2D eigenvalue weighted by Crippen LogP contribution is 2.49. The molecule has 2 aliphatic rings. The Balaban J connectivity index is 1.96. The Morgan fingerprint density at radius 1 is 0.947 bits per heavy atom. The molecule has 198 valence electrons. The van der Waals surface area contributed by atoms with E-state index in [0.717, 1.165) is 19.5 Å². The van der Waals surface area contributed by atoms with E-state index in [1.807, 2.05) is 24.3 Å². The van der Waals surface area contributed by atoms with E-state index >= 15 is 0 Å². The number of imide groups is 1. The summed E-state index contributed by atoms with van der Waals surface area (Å²) in [7, 11) is 3.61. The van der Waals surface area contributed by atoms with Gasteiger partial charge in [-0.05, 0) is 48.1 Å². The predicted octanol–water partition coefficient (Wildman–Crippen LogP) is 2.47. The summed E-state index contributed by atoms with van der Waals surface area (Å²) < 4.78 is 10.5. The van der Waals surface area contributed by atoms with Gasteiger partial charge in [0.25, 0.3) is 5.91 Å². The molecule has 1 unspecified atom stereocenters. The highest BCUT2D eigenvalue weighted by molar-refractivity contribution is 6.18. The van der Waals surface area contributed by atoms with Crippen molar-refractivity contribution in [1.29, 1.82) is 0 Å². The molecule has 1 atom stereocenters. The van der Waals surface area contributed by atoms with E-state index in [1.54, 1.807) is 6.07 Å². The molecule has 0 spiro atoms. The first kappa shape index (κ1) is 26.4. The van der Waals surface area contributed by atoms with E-state index in [0.29, 0.717) is 17.5 Å². The number of rotatable bonds is 4. The molecule has 2 aliphatic carbocycles. The van der Waals surface area contributed by atoms with Crippen molar-refractivity contribution < 1.29 is 43.7 Å². The second kappa shape index (κ2) is 9.66. The molecule has 0 saturated heterocycles. The maximum absolute atomic E-state index is 13.8. The van der Waals surface area contributed by atoms with E-state index in [9.17, 15) is 34.2 Å². The van der Waals surface area contributed by atoms with Gasteiger partial charge in [-0.1, -0.05) is 0 Å². The lowest BCUT2D eigenvalue weighted by Crippen LogP contribution is -2.32. The molecule has 0 fully saturated rings. The standard InChI is InChI=1S/C27H26N2O9/c1-11(30)28-27(36)23-19(38-13(3)32)10-15-8-14-9-16-17(29(4)5)6-7-18(37-12(2)31)22(16)25(34)20(14)24(33)21(15)26(23)35/h6-7,10,14,33,35H,8-9H2,1-5H3,(H,28,30,36). The van der Waals surface area contributed by atoms with Gasteiger partial charge in [-0.25, -0.2) is 0 Å². The molecule has 2 amide bonds. The topological polar surface area (TPSA) is 160 Å². The van der Waals surface area contributed by atoms with Crippen LogP contribution in [0.15, 0.2) is 23.8 Å². The molecule has 0 aliphatic heterocycles. The first-order valence-electron chi connectivity index (χ1n) is 11.7. The van der Waals surface area contributed by atoms with Gasteiger partial charge in [0.05, 0.1) is 11.1 Å². The van der Waals surface area contributed by atoms with E-state index in [2.05, 4.69) is 0 Å². The zero-order valence-corrected chi connectivity index (χ0v) is 21.4. The van der Waals surface area contributed by atoms with Crippen LogP contribution in [-0.2, 0) is 27.2 Å². The number of nitrogens with zero attached hydrogens (tertiary/aromatic N) is 1. The molecule has 0 saturated carbocycles. The summed E-state index contributed by atoms with van der Waals surface area (Å²) in [6.07, 6.45) is 0.444. The maximum Gasteiger partial charge on any atom is 0.308 e. The molecular formula is C27H26N2O9. The molecule has 2 aromatic rings. The summed E-state index contributed by atoms with van der Waals surface area (Å²) in [5, 5.41) is 24.4. The van der Waals surface area contributed by atoms with Crippen molar-refractivity contribution in [3.63, 3.8) is 0 Å². The van der Waals surface area contributed by atoms with Gasteiger partial charge in [-0.3, -0.25) is 29.3 Å². The molecule has 38 heavy (non-hydrogen) atoms. The molecule has 0 heterocycles. The largest absolute Gasteiger partial charge is 0.507 e. The van der Waals surface area contributed by atoms with Crippen molar-refractivity contribution in [1.82, 2.24) is 5.32 Å². The van der Waals surface area contributed by atoms with Crippen LogP contribution >= 0.6 is 0 Å². The van der Waals surface area contributed by atoms with Gasteiger partial charge in [0.2, 0.25) is 5.91 Å². The number of hydrogen-bond donors (Lipinski definition) is 3. The number of carbonyl (C=O) groups is 5. The number of phenolic OH excluding ortho intramolecular Hbond substituents is 1. The number of anilines is 1. The third-order valence-electron chi connectivity index (χ3n) is 6.39. The minimum Gasteiger partial charge on any atom is -0.507 e. The van der Waals surface area contributed by atoms with Gasteiger partial charge in [0.1, 0.15) is 28.6 Å². The fourth-order valence-corrected chi connectivity index (χ4v) is 5.07. The Morgan fingerprint density at radius 3 is 2.16 bits per heavy atom. The van der Waals surface area contributed by atoms with Crippen LogP contribution in [0, 0.1) is 5.92 Å². The molecule has 11 heteroatoms. The number of allylic oxidation sites excluding steroid dienone is 1. The van der Waals surface area contributed by atoms with Gasteiger partial charge in [-0.15, -0.1) is 0 Å². The molecule has 11 nitrogen and oxygen atoms in total. The van der Waals surface area contributed by atoms with Crippen LogP contribution in [-0.4, -0.2) is 53.8 Å². The number of fused-ring (bicyclic) bond motifs is 3. The Kier molecular flexibility index (Phi) is 6.71. The summed E-state index contributed by atoms with van der Waals surface area (Å²) >= 11 is 0. The molecule has 0 bridgehead atoms. The third kappa shape index (κ3) is 4.47. The number of nitrogens with one attached hydrogen (secondary N) is 1. The highest BCUT2D eigenvalue weighted by atomic mass is 16.5. The van der Waals surface area contributed by atoms with Crippen molar-refractivity contribution in [3.8, 4) is 17.2 Å². The number of hydrogen-bond acceptors (Lipinski definition) is 10. The van der Waals surface area contributed by atoms with Crippen molar-refractivity contribution in [3.05, 3.63) is 51.6 Å². The molecule has 3 N–H and O–H groups in total. The number of esters is 2. The minimum absolute atomic E-state index is 0.0113. The first-order chi connectivity index (χ1) is 17.8. The van der Waals surface area contributed by atoms with Gasteiger partial charge in [-0.2, -0.15) is 0 Å². The molecular weight excluding hydrogens is 496 g/mol. The molecule has 4 rings (SSSR count). The normalized spacial score (nSPS) is 15.6. The SMILES string of the molecule is CC(=O)NC(=O)c1c(OC(C)=O)cc2c(c1O)C(O)=C1C(=O)c3c(OC(C)=O)ccc(N(C)C)c3CC1C2. The Labute approximate surface area is 217 Å². The van der Waals surface area contributed by atoms with Gasteiger partial charge < -0.3 is 24.6 Å². The lowest BCUT2D eigenvalue weighted by Gasteiger charge is -2.35. The van der Waals surface area contributed by atoms with Crippen LogP contribution < -0.4 is 19.7 Å². The second-order valence-electron chi connectivity index (χ2n) is 9.36. The number of phenols is 1. The average molecular weight is 523 g/mol. The maximum atomic E-state index is 13.8. The number of ketones is 1. The van der Waals surface area contributed by atoms with Crippen LogP contribution in [0.1, 0.15) is 58.2 Å². The number of aromatic hydroxyl groups is 1. The highest BCUT2D eigenvalue weighted by Gasteiger charge is 2.42. The van der Waals surface area contributed by atoms with Crippen molar-refractivity contribution >= 4 is 41.0 Å². The zero-order chi connectivity index (χ0) is 28.0. The number of aliphatic hydroxyl groups is 1. The van der Waals surface area contributed by atoms with E-state index in [4.69, 9.17) is 9.47 Å². The van der Waals surface area contributed by atoms with Gasteiger partial charge in [0.15, 0.2) is 5.78 Å². The number of carbonyl (C=O) groups excluding carboxylic acids is 5. The average Bonchev–Trinajstić information content (AvgIpc) is 2.77.